The molecule has 0 spiro atoms. The van der Waals surface area contributed by atoms with Gasteiger partial charge in [0.2, 0.25) is 12.3 Å². The highest BCUT2D eigenvalue weighted by atomic mass is 35.5. The third-order valence-electron chi connectivity index (χ3n) is 5.27. The summed E-state index contributed by atoms with van der Waals surface area (Å²) in [7, 11) is -11.2. The van der Waals surface area contributed by atoms with E-state index in [2.05, 4.69) is 10.6 Å². The largest absolute Gasteiger partial charge is 0.369 e. The van der Waals surface area contributed by atoms with Crippen molar-refractivity contribution < 1.29 is 43.4 Å². The molecule has 35 heavy (non-hydrogen) atoms. The van der Waals surface area contributed by atoms with Crippen LogP contribution < -0.4 is 15.5 Å². The van der Waals surface area contributed by atoms with Gasteiger partial charge in [-0.1, -0.05) is 12.1 Å². The average molecular weight is 578 g/mol. The highest BCUT2D eigenvalue weighted by Crippen LogP contribution is 2.69. The fourth-order valence-corrected chi connectivity index (χ4v) is 5.86. The van der Waals surface area contributed by atoms with Gasteiger partial charge in [0.25, 0.3) is 5.08 Å². The molecule has 0 aliphatic carbocycles. The predicted octanol–water partition coefficient (Wildman–Crippen LogP) is 0.914. The van der Waals surface area contributed by atoms with Gasteiger partial charge in [0.15, 0.2) is 0 Å². The molecule has 12 nitrogen and oxygen atoms in total. The van der Waals surface area contributed by atoms with E-state index in [1.165, 1.54) is 6.92 Å². The Morgan fingerprint density at radius 3 is 2.03 bits per heavy atom. The number of nitrogens with zero attached hydrogens (tertiary/aromatic N) is 1. The van der Waals surface area contributed by atoms with Crippen molar-refractivity contribution >= 4 is 56.4 Å². The Kier molecular flexibility index (Phi) is 12.7. The maximum absolute atomic E-state index is 12.7. The van der Waals surface area contributed by atoms with E-state index < -0.39 is 44.7 Å². The maximum Gasteiger partial charge on any atom is 0.369 e. The van der Waals surface area contributed by atoms with Gasteiger partial charge >= 0.3 is 15.2 Å². The van der Waals surface area contributed by atoms with Crippen molar-refractivity contribution in [2.75, 3.05) is 29.7 Å². The molecule has 0 radical (unpaired) electrons. The number of hydrogen-bond donors (Lipinski definition) is 7. The minimum atomic E-state index is -5.59. The fraction of sp³-hybridized carbons (Fsp3) is 0.579. The first-order valence-corrected chi connectivity index (χ1v) is 14.8. The van der Waals surface area contributed by atoms with Crippen LogP contribution in [0.15, 0.2) is 24.3 Å². The molecule has 2 amide bonds. The lowest BCUT2D eigenvalue weighted by Crippen LogP contribution is -2.48. The zero-order valence-corrected chi connectivity index (χ0v) is 22.3. The number of benzene rings is 1. The van der Waals surface area contributed by atoms with Crippen LogP contribution in [0.2, 0.25) is 0 Å². The summed E-state index contributed by atoms with van der Waals surface area (Å²) in [5.74, 6) is 0.208. The summed E-state index contributed by atoms with van der Waals surface area (Å²) in [6.45, 7) is 2.62. The van der Waals surface area contributed by atoms with Crippen LogP contribution in [0, 0.1) is 0 Å². The predicted molar refractivity (Wildman–Crippen MR) is 133 cm³/mol. The Labute approximate surface area is 213 Å². The van der Waals surface area contributed by atoms with Crippen LogP contribution in [0.1, 0.15) is 25.3 Å². The van der Waals surface area contributed by atoms with Gasteiger partial charge in [-0.15, -0.1) is 23.2 Å². The van der Waals surface area contributed by atoms with Crippen molar-refractivity contribution in [1.29, 1.82) is 0 Å². The number of nitrogens with one attached hydrogen (secondary N) is 2. The van der Waals surface area contributed by atoms with Gasteiger partial charge in [0.1, 0.15) is 6.04 Å². The van der Waals surface area contributed by atoms with Crippen LogP contribution in [0.3, 0.4) is 0 Å². The lowest BCUT2D eigenvalue weighted by atomic mass is 10.0. The first-order chi connectivity index (χ1) is 16.2. The molecule has 1 rings (SSSR count). The fourth-order valence-electron chi connectivity index (χ4n) is 3.25. The molecule has 0 heterocycles. The first-order valence-electron chi connectivity index (χ1n) is 10.5. The summed E-state index contributed by atoms with van der Waals surface area (Å²) in [5, 5.41) is 11.3. The number of aliphatic hydroxyl groups is 1. The third-order valence-corrected chi connectivity index (χ3v) is 9.48. The Balaban J connectivity index is 2.85. The Hall–Kier alpha value is -1.20. The molecule has 0 aromatic heterocycles. The number of carbonyl (C=O) groups excluding carboxylic acids is 2. The van der Waals surface area contributed by atoms with Crippen molar-refractivity contribution in [2.24, 2.45) is 0 Å². The molecule has 16 heteroatoms. The molecule has 200 valence electrons. The van der Waals surface area contributed by atoms with Gasteiger partial charge in [-0.2, -0.15) is 0 Å². The number of alkyl halides is 2. The van der Waals surface area contributed by atoms with E-state index in [9.17, 15) is 43.4 Å². The quantitative estimate of drug-likeness (QED) is 0.0842. The molecule has 0 saturated carbocycles. The molecule has 1 unspecified atom stereocenters. The Morgan fingerprint density at radius 1 is 1.09 bits per heavy atom. The van der Waals surface area contributed by atoms with E-state index in [1.54, 1.807) is 12.1 Å². The standard InChI is InChI=1S/C19H31Cl2N3O9P2/c1-14(6-7-19(27,34(28,29)30)35(31,32)33)23-18(26)17(22-13-25)12-15-2-4-16(5-3-15)24(10-8-20)11-9-21/h2-5,13-14,17,27H,6-12H2,1H3,(H,22,25)(H,23,26)(H2,28,29,30)(H2,31,32,33)/t14?,17-/m0/s1. The summed E-state index contributed by atoms with van der Waals surface area (Å²) >= 11 is 11.6. The molecular formula is C19H31Cl2N3O9P2. The second-order valence-corrected chi connectivity index (χ2v) is 12.6. The zero-order valence-electron chi connectivity index (χ0n) is 19.0. The van der Waals surface area contributed by atoms with Crippen LogP contribution in [0.4, 0.5) is 5.69 Å². The summed E-state index contributed by atoms with van der Waals surface area (Å²) in [5.41, 5.74) is 1.61. The van der Waals surface area contributed by atoms with Crippen molar-refractivity contribution in [3.05, 3.63) is 29.8 Å². The van der Waals surface area contributed by atoms with Crippen molar-refractivity contribution in [3.8, 4) is 0 Å². The topological polar surface area (TPSA) is 197 Å². The summed E-state index contributed by atoms with van der Waals surface area (Å²) in [4.78, 5) is 62.6. The zero-order chi connectivity index (χ0) is 26.9. The minimum Gasteiger partial charge on any atom is -0.369 e. The highest BCUT2D eigenvalue weighted by molar-refractivity contribution is 7.72. The van der Waals surface area contributed by atoms with Crippen LogP contribution in [-0.2, 0) is 25.1 Å². The molecule has 0 aliphatic rings. The molecule has 0 saturated heterocycles. The van der Waals surface area contributed by atoms with Crippen LogP contribution >= 0.6 is 38.4 Å². The number of anilines is 1. The Morgan fingerprint density at radius 2 is 1.60 bits per heavy atom. The van der Waals surface area contributed by atoms with Gasteiger partial charge in [0.05, 0.1) is 0 Å². The number of hydrogen-bond acceptors (Lipinski definition) is 6. The number of halogens is 2. The molecule has 1 aromatic carbocycles. The van der Waals surface area contributed by atoms with E-state index in [0.717, 1.165) is 11.3 Å². The smallest absolute Gasteiger partial charge is 0.369 e. The average Bonchev–Trinajstić information content (AvgIpc) is 2.76. The van der Waals surface area contributed by atoms with Crippen molar-refractivity contribution in [2.45, 2.75) is 43.4 Å². The molecule has 0 bridgehead atoms. The highest BCUT2D eigenvalue weighted by Gasteiger charge is 2.58. The normalized spacial score (nSPS) is 14.2. The van der Waals surface area contributed by atoms with Gasteiger partial charge in [-0.25, -0.2) is 0 Å². The number of rotatable bonds is 16. The maximum atomic E-state index is 12.7. The van der Waals surface area contributed by atoms with Gasteiger partial charge in [-0.3, -0.25) is 18.7 Å². The van der Waals surface area contributed by atoms with E-state index in [0.29, 0.717) is 31.3 Å². The molecule has 2 atom stereocenters. The van der Waals surface area contributed by atoms with Crippen LogP contribution in [0.5, 0.6) is 0 Å². The van der Waals surface area contributed by atoms with Crippen molar-refractivity contribution in [3.63, 3.8) is 0 Å². The van der Waals surface area contributed by atoms with E-state index in [1.807, 2.05) is 17.0 Å². The number of amides is 2. The molecule has 0 fully saturated rings. The lowest BCUT2D eigenvalue weighted by molar-refractivity contribution is -0.125. The minimum absolute atomic E-state index is 0.123. The van der Waals surface area contributed by atoms with E-state index in [4.69, 9.17) is 23.2 Å². The second kappa shape index (κ2) is 13.9. The molecule has 1 aromatic rings. The van der Waals surface area contributed by atoms with Crippen molar-refractivity contribution in [1.82, 2.24) is 10.6 Å². The monoisotopic (exact) mass is 577 g/mol. The van der Waals surface area contributed by atoms with Gasteiger partial charge in [-0.05, 0) is 31.0 Å². The van der Waals surface area contributed by atoms with Crippen LogP contribution in [0.25, 0.3) is 0 Å². The molecule has 0 aliphatic heterocycles. The first kappa shape index (κ1) is 31.8. The van der Waals surface area contributed by atoms with Gasteiger partial charge < -0.3 is 40.2 Å². The van der Waals surface area contributed by atoms with E-state index in [-0.39, 0.29) is 12.8 Å². The summed E-state index contributed by atoms with van der Waals surface area (Å²) < 4.78 is 22.9. The molecule has 7 N–H and O–H groups in total. The lowest BCUT2D eigenvalue weighted by Gasteiger charge is -2.30. The Bertz CT molecular complexity index is 899. The second-order valence-electron chi connectivity index (χ2n) is 7.88. The molecular weight excluding hydrogens is 547 g/mol. The summed E-state index contributed by atoms with van der Waals surface area (Å²) in [6.07, 6.45) is -0.862. The number of carbonyl (C=O) groups is 2. The summed E-state index contributed by atoms with van der Waals surface area (Å²) in [6, 6.07) is 5.38. The van der Waals surface area contributed by atoms with E-state index >= 15 is 0 Å². The van der Waals surface area contributed by atoms with Gasteiger partial charge in [0, 0.05) is 49.4 Å². The SMILES string of the molecule is CC(CCC(O)(P(=O)(O)O)P(=O)(O)O)NC(=O)[C@H](Cc1ccc(N(CCCl)CCCl)cc1)NC=O. The van der Waals surface area contributed by atoms with Crippen LogP contribution in [-0.4, -0.2) is 79.0 Å². The third kappa shape index (κ3) is 9.31.